The van der Waals surface area contributed by atoms with Crippen molar-refractivity contribution < 1.29 is 19.4 Å². The number of esters is 1. The minimum absolute atomic E-state index is 0.160. The van der Waals surface area contributed by atoms with Gasteiger partial charge < -0.3 is 9.84 Å². The molecule has 0 saturated carbocycles. The highest BCUT2D eigenvalue weighted by molar-refractivity contribution is 9.10. The number of carbonyl (C=O) groups excluding carboxylic acids is 1. The summed E-state index contributed by atoms with van der Waals surface area (Å²) in [6, 6.07) is 1.85. The summed E-state index contributed by atoms with van der Waals surface area (Å²) in [5, 5.41) is 11.4. The molecule has 6 heteroatoms. The van der Waals surface area contributed by atoms with Gasteiger partial charge in [-0.2, -0.15) is 0 Å². The third-order valence-corrected chi connectivity index (χ3v) is 4.83. The molecule has 0 fully saturated rings. The molecule has 106 valence electrons. The highest BCUT2D eigenvalue weighted by Crippen LogP contribution is 2.36. The minimum atomic E-state index is -1.49. The molecule has 1 rings (SSSR count). The Kier molecular flexibility index (Phi) is 6.00. The Morgan fingerprint density at radius 1 is 1.47 bits per heavy atom. The molecule has 1 aromatic heterocycles. The molecule has 0 aliphatic heterocycles. The van der Waals surface area contributed by atoms with Crippen LogP contribution >= 0.6 is 27.3 Å². The molecule has 19 heavy (non-hydrogen) atoms. The van der Waals surface area contributed by atoms with Gasteiger partial charge in [0.15, 0.2) is 5.41 Å². The largest absolute Gasteiger partial charge is 0.480 e. The van der Waals surface area contributed by atoms with Gasteiger partial charge in [0.05, 0.1) is 6.61 Å². The topological polar surface area (TPSA) is 63.6 Å². The van der Waals surface area contributed by atoms with Crippen molar-refractivity contribution in [3.63, 3.8) is 0 Å². The van der Waals surface area contributed by atoms with Crippen molar-refractivity contribution in [1.29, 1.82) is 0 Å². The zero-order valence-electron chi connectivity index (χ0n) is 10.9. The molecule has 1 unspecified atom stereocenters. The minimum Gasteiger partial charge on any atom is -0.480 e. The summed E-state index contributed by atoms with van der Waals surface area (Å²) in [7, 11) is 0. The molecule has 0 spiro atoms. The number of thiophene rings is 1. The smallest absolute Gasteiger partial charge is 0.323 e. The second-order valence-electron chi connectivity index (χ2n) is 4.23. The molecule has 4 nitrogen and oxygen atoms in total. The van der Waals surface area contributed by atoms with Crippen molar-refractivity contribution >= 4 is 39.2 Å². The zero-order chi connectivity index (χ0) is 14.5. The van der Waals surface area contributed by atoms with Gasteiger partial charge in [-0.3, -0.25) is 9.59 Å². The molecule has 1 heterocycles. The summed E-state index contributed by atoms with van der Waals surface area (Å²) in [5.74, 6) is -1.77. The number of halogens is 1. The quantitative estimate of drug-likeness (QED) is 0.605. The molecule has 0 bridgehead atoms. The van der Waals surface area contributed by atoms with E-state index in [4.69, 9.17) is 4.74 Å². The SMILES string of the molecule is CCCC(Cc1sccc1Br)(C(=O)O)C(=O)OCC. The first-order valence-electron chi connectivity index (χ1n) is 6.10. The summed E-state index contributed by atoms with van der Waals surface area (Å²) in [6.07, 6.45) is 1.03. The molecule has 0 radical (unpaired) electrons. The average Bonchev–Trinajstić information content (AvgIpc) is 2.74. The highest BCUT2D eigenvalue weighted by atomic mass is 79.9. The number of ether oxygens (including phenoxy) is 1. The lowest BCUT2D eigenvalue weighted by molar-refractivity contribution is -0.169. The number of carbonyl (C=O) groups is 2. The van der Waals surface area contributed by atoms with Crippen LogP contribution in [0.3, 0.4) is 0 Å². The second kappa shape index (κ2) is 7.05. The monoisotopic (exact) mass is 348 g/mol. The number of rotatable bonds is 7. The van der Waals surface area contributed by atoms with E-state index in [1.165, 1.54) is 11.3 Å². The van der Waals surface area contributed by atoms with Crippen LogP contribution in [-0.4, -0.2) is 23.7 Å². The van der Waals surface area contributed by atoms with Gasteiger partial charge in [-0.15, -0.1) is 11.3 Å². The predicted octanol–water partition coefficient (Wildman–Crippen LogP) is 3.49. The van der Waals surface area contributed by atoms with Crippen LogP contribution in [0.2, 0.25) is 0 Å². The van der Waals surface area contributed by atoms with Crippen molar-refractivity contribution in [2.24, 2.45) is 5.41 Å². The lowest BCUT2D eigenvalue weighted by atomic mass is 9.79. The van der Waals surface area contributed by atoms with Crippen LogP contribution in [0.1, 0.15) is 31.6 Å². The van der Waals surface area contributed by atoms with Gasteiger partial charge in [0, 0.05) is 15.8 Å². The first-order valence-corrected chi connectivity index (χ1v) is 7.77. The average molecular weight is 349 g/mol. The van der Waals surface area contributed by atoms with Crippen molar-refractivity contribution in [1.82, 2.24) is 0 Å². The van der Waals surface area contributed by atoms with Crippen molar-refractivity contribution in [3.05, 3.63) is 20.8 Å². The van der Waals surface area contributed by atoms with E-state index in [1.54, 1.807) is 6.92 Å². The third-order valence-electron chi connectivity index (χ3n) is 2.91. The molecule has 0 aliphatic rings. The van der Waals surface area contributed by atoms with E-state index in [9.17, 15) is 14.7 Å². The fourth-order valence-electron chi connectivity index (χ4n) is 1.95. The molecular formula is C13H17BrO4S. The van der Waals surface area contributed by atoms with E-state index < -0.39 is 17.4 Å². The van der Waals surface area contributed by atoms with Gasteiger partial charge in [0.1, 0.15) is 0 Å². The lowest BCUT2D eigenvalue weighted by Gasteiger charge is -2.26. The molecular weight excluding hydrogens is 332 g/mol. The summed E-state index contributed by atoms with van der Waals surface area (Å²) in [4.78, 5) is 24.6. The van der Waals surface area contributed by atoms with Gasteiger partial charge in [-0.1, -0.05) is 13.3 Å². The Morgan fingerprint density at radius 2 is 2.16 bits per heavy atom. The van der Waals surface area contributed by atoms with Gasteiger partial charge in [0.2, 0.25) is 0 Å². The molecule has 1 aromatic rings. The van der Waals surface area contributed by atoms with E-state index in [2.05, 4.69) is 15.9 Å². The summed E-state index contributed by atoms with van der Waals surface area (Å²) in [5.41, 5.74) is -1.49. The summed E-state index contributed by atoms with van der Waals surface area (Å²) in [6.45, 7) is 3.72. The standard InChI is InChI=1S/C13H17BrO4S/c1-3-6-13(11(15)16,12(17)18-4-2)8-10-9(14)5-7-19-10/h5,7H,3-4,6,8H2,1-2H3,(H,15,16). The van der Waals surface area contributed by atoms with Gasteiger partial charge in [-0.05, 0) is 40.7 Å². The number of hydrogen-bond acceptors (Lipinski definition) is 4. The fourth-order valence-corrected chi connectivity index (χ4v) is 3.56. The van der Waals surface area contributed by atoms with E-state index in [1.807, 2.05) is 18.4 Å². The maximum absolute atomic E-state index is 12.1. The molecule has 1 atom stereocenters. The van der Waals surface area contributed by atoms with E-state index >= 15 is 0 Å². The van der Waals surface area contributed by atoms with E-state index in [-0.39, 0.29) is 19.4 Å². The zero-order valence-corrected chi connectivity index (χ0v) is 13.3. The Morgan fingerprint density at radius 3 is 2.58 bits per heavy atom. The molecule has 0 saturated heterocycles. The lowest BCUT2D eigenvalue weighted by Crippen LogP contribution is -2.42. The van der Waals surface area contributed by atoms with Gasteiger partial charge in [-0.25, -0.2) is 0 Å². The van der Waals surface area contributed by atoms with Crippen LogP contribution in [0.4, 0.5) is 0 Å². The Bertz CT molecular complexity index is 457. The summed E-state index contributed by atoms with van der Waals surface area (Å²) >= 11 is 4.81. The number of aliphatic carboxylic acids is 1. The fraction of sp³-hybridized carbons (Fsp3) is 0.538. The number of hydrogen-bond donors (Lipinski definition) is 1. The molecule has 0 amide bonds. The molecule has 0 aliphatic carbocycles. The Hall–Kier alpha value is -0.880. The van der Waals surface area contributed by atoms with Crippen LogP contribution < -0.4 is 0 Å². The van der Waals surface area contributed by atoms with Crippen LogP contribution in [0.25, 0.3) is 0 Å². The predicted molar refractivity (Wildman–Crippen MR) is 77.3 cm³/mol. The molecule has 1 N–H and O–H groups in total. The third kappa shape index (κ3) is 3.57. The molecule has 0 aromatic carbocycles. The normalized spacial score (nSPS) is 13.8. The Balaban J connectivity index is 3.12. The summed E-state index contributed by atoms with van der Waals surface area (Å²) < 4.78 is 5.82. The first-order chi connectivity index (χ1) is 8.97. The maximum Gasteiger partial charge on any atom is 0.323 e. The van der Waals surface area contributed by atoms with Crippen molar-refractivity contribution in [2.75, 3.05) is 6.61 Å². The van der Waals surface area contributed by atoms with Crippen LogP contribution in [0, 0.1) is 5.41 Å². The number of carboxylic acids is 1. The van der Waals surface area contributed by atoms with Gasteiger partial charge in [0.25, 0.3) is 0 Å². The second-order valence-corrected chi connectivity index (χ2v) is 6.08. The van der Waals surface area contributed by atoms with Gasteiger partial charge >= 0.3 is 11.9 Å². The Labute approximate surface area is 124 Å². The van der Waals surface area contributed by atoms with Crippen LogP contribution in [0.15, 0.2) is 15.9 Å². The van der Waals surface area contributed by atoms with Crippen LogP contribution in [0.5, 0.6) is 0 Å². The number of carboxylic acid groups (broad SMARTS) is 1. The van der Waals surface area contributed by atoms with Crippen molar-refractivity contribution in [2.45, 2.75) is 33.1 Å². The van der Waals surface area contributed by atoms with E-state index in [0.29, 0.717) is 6.42 Å². The first kappa shape index (κ1) is 16.2. The highest BCUT2D eigenvalue weighted by Gasteiger charge is 2.47. The van der Waals surface area contributed by atoms with E-state index in [0.717, 1.165) is 9.35 Å². The maximum atomic E-state index is 12.1. The van der Waals surface area contributed by atoms with Crippen molar-refractivity contribution in [3.8, 4) is 0 Å². The van der Waals surface area contributed by atoms with Crippen LogP contribution in [-0.2, 0) is 20.7 Å².